The van der Waals surface area contributed by atoms with Gasteiger partial charge in [-0.15, -0.1) is 0 Å². The number of benzene rings is 2. The van der Waals surface area contributed by atoms with E-state index in [-0.39, 0.29) is 30.7 Å². The molecule has 0 bridgehead atoms. The van der Waals surface area contributed by atoms with Crippen LogP contribution in [0.1, 0.15) is 39.9 Å². The van der Waals surface area contributed by atoms with Gasteiger partial charge in [0.05, 0.1) is 21.0 Å². The van der Waals surface area contributed by atoms with Gasteiger partial charge < -0.3 is 19.3 Å². The normalized spacial score (nSPS) is 24.9. The maximum atomic E-state index is 13.0. The monoisotopic (exact) mass is 469 g/mol. The molecular weight excluding hydrogens is 444 g/mol. The van der Waals surface area contributed by atoms with Crippen LogP contribution < -0.4 is 10.1 Å². The summed E-state index contributed by atoms with van der Waals surface area (Å²) in [5.41, 5.74) is 3.39. The van der Waals surface area contributed by atoms with E-state index in [1.54, 1.807) is 12.1 Å². The minimum atomic E-state index is -0.651. The van der Waals surface area contributed by atoms with Crippen LogP contribution in [0.5, 0.6) is 5.75 Å². The van der Waals surface area contributed by atoms with Crippen molar-refractivity contribution in [2.24, 2.45) is 0 Å². The zero-order valence-corrected chi connectivity index (χ0v) is 19.3. The van der Waals surface area contributed by atoms with Crippen LogP contribution in [0, 0.1) is 0 Å². The van der Waals surface area contributed by atoms with Gasteiger partial charge in [0.25, 0.3) is 5.91 Å². The lowest BCUT2D eigenvalue weighted by Gasteiger charge is -2.38. The molecule has 10 heteroatoms. The van der Waals surface area contributed by atoms with E-state index >= 15 is 0 Å². The number of morpholine rings is 1. The standard InChI is InChI=1S/C25H25B2N3O5/c26-22-23(27)34-11-10-29(22)12-15-4-6-16(7-5-15)14-35-20-3-1-2-17-18(20)13-30(25(17)33)19-8-9-21(31)28-24(19)32/h1-7,19,22-23H,8-14H2,(H,28,31,32). The summed E-state index contributed by atoms with van der Waals surface area (Å²) in [6, 6.07) is 12.3. The van der Waals surface area contributed by atoms with Gasteiger partial charge in [-0.25, -0.2) is 0 Å². The fraction of sp³-hybridized carbons (Fsp3) is 0.400. The zero-order chi connectivity index (χ0) is 24.5. The van der Waals surface area contributed by atoms with Crippen LogP contribution in [0.4, 0.5) is 0 Å². The van der Waals surface area contributed by atoms with Crippen LogP contribution in [0.25, 0.3) is 0 Å². The number of hydrogen-bond donors (Lipinski definition) is 1. The van der Waals surface area contributed by atoms with Gasteiger partial charge >= 0.3 is 0 Å². The minimum absolute atomic E-state index is 0.217. The summed E-state index contributed by atoms with van der Waals surface area (Å²) in [6.45, 7) is 2.59. The van der Waals surface area contributed by atoms with Gasteiger partial charge in [-0.2, -0.15) is 0 Å². The van der Waals surface area contributed by atoms with Crippen LogP contribution in [-0.4, -0.2) is 74.4 Å². The first-order chi connectivity index (χ1) is 16.9. The summed E-state index contributed by atoms with van der Waals surface area (Å²) in [5.74, 6) is -0.672. The second-order valence-electron chi connectivity index (χ2n) is 9.08. The highest BCUT2D eigenvalue weighted by Gasteiger charge is 2.40. The summed E-state index contributed by atoms with van der Waals surface area (Å²) in [6.07, 6.45) is 0.550. The Labute approximate surface area is 206 Å². The fourth-order valence-electron chi connectivity index (χ4n) is 4.77. The molecule has 4 radical (unpaired) electrons. The Morgan fingerprint density at radius 3 is 2.60 bits per heavy atom. The number of rotatable bonds is 6. The quantitative estimate of drug-likeness (QED) is 0.499. The Morgan fingerprint density at radius 2 is 1.83 bits per heavy atom. The molecule has 8 nitrogen and oxygen atoms in total. The topological polar surface area (TPSA) is 88.2 Å². The maximum Gasteiger partial charge on any atom is 0.255 e. The summed E-state index contributed by atoms with van der Waals surface area (Å²) < 4.78 is 11.5. The molecule has 2 saturated heterocycles. The number of imide groups is 1. The van der Waals surface area contributed by atoms with Crippen molar-refractivity contribution in [3.8, 4) is 5.75 Å². The SMILES string of the molecule is [B]C1OCCN(Cc2ccc(COc3cccc4c3CN(C3CCC(=O)NC3=O)C4=O)cc2)C1[B]. The molecule has 2 fully saturated rings. The van der Waals surface area contributed by atoms with Crippen LogP contribution in [0.3, 0.4) is 0 Å². The minimum Gasteiger partial charge on any atom is -0.489 e. The summed E-state index contributed by atoms with van der Waals surface area (Å²) in [4.78, 5) is 40.4. The highest BCUT2D eigenvalue weighted by molar-refractivity contribution is 6.21. The number of carbonyl (C=O) groups is 3. The van der Waals surface area contributed by atoms with E-state index in [1.165, 1.54) is 4.90 Å². The van der Waals surface area contributed by atoms with Gasteiger partial charge in [0.1, 0.15) is 26.2 Å². The Hall–Kier alpha value is -3.10. The van der Waals surface area contributed by atoms with E-state index in [4.69, 9.17) is 25.2 Å². The number of nitrogens with one attached hydrogen (secondary N) is 1. The molecule has 176 valence electrons. The molecular formula is C25H25B2N3O5. The predicted molar refractivity (Wildman–Crippen MR) is 129 cm³/mol. The number of hydrogen-bond acceptors (Lipinski definition) is 6. The molecule has 3 amide bonds. The number of nitrogens with zero attached hydrogens (tertiary/aromatic N) is 2. The molecule has 3 heterocycles. The number of fused-ring (bicyclic) bond motifs is 1. The largest absolute Gasteiger partial charge is 0.489 e. The smallest absolute Gasteiger partial charge is 0.255 e. The highest BCUT2D eigenvalue weighted by Crippen LogP contribution is 2.34. The van der Waals surface area contributed by atoms with Gasteiger partial charge in [0, 0.05) is 36.6 Å². The number of ether oxygens (including phenoxy) is 2. The molecule has 3 atom stereocenters. The molecule has 0 spiro atoms. The molecule has 2 aromatic rings. The average Bonchev–Trinajstić information content (AvgIpc) is 3.18. The van der Waals surface area contributed by atoms with Crippen molar-refractivity contribution in [2.45, 2.75) is 50.5 Å². The Kier molecular flexibility index (Phi) is 6.67. The molecule has 0 saturated carbocycles. The first-order valence-electron chi connectivity index (χ1n) is 11.7. The summed E-state index contributed by atoms with van der Waals surface area (Å²) in [5, 5.41) is 2.32. The number of carbonyl (C=O) groups excluding carboxylic acids is 3. The van der Waals surface area contributed by atoms with Gasteiger partial charge in [-0.3, -0.25) is 19.7 Å². The fourth-order valence-corrected chi connectivity index (χ4v) is 4.77. The Bertz CT molecular complexity index is 1140. The van der Waals surface area contributed by atoms with E-state index in [1.807, 2.05) is 30.3 Å². The third-order valence-corrected chi connectivity index (χ3v) is 6.79. The molecule has 3 aliphatic heterocycles. The molecule has 5 rings (SSSR count). The van der Waals surface area contributed by atoms with Crippen LogP contribution >= 0.6 is 0 Å². The van der Waals surface area contributed by atoms with E-state index in [2.05, 4.69) is 10.2 Å². The van der Waals surface area contributed by atoms with Gasteiger partial charge in [-0.1, -0.05) is 30.3 Å². The molecule has 1 N–H and O–H groups in total. The lowest BCUT2D eigenvalue weighted by molar-refractivity contribution is -0.136. The summed E-state index contributed by atoms with van der Waals surface area (Å²) in [7, 11) is 12.0. The third-order valence-electron chi connectivity index (χ3n) is 6.79. The van der Waals surface area contributed by atoms with Crippen LogP contribution in [-0.2, 0) is 34.0 Å². The molecule has 3 unspecified atom stereocenters. The van der Waals surface area contributed by atoms with E-state index in [9.17, 15) is 14.4 Å². The first-order valence-corrected chi connectivity index (χ1v) is 11.7. The van der Waals surface area contributed by atoms with Crippen molar-refractivity contribution >= 4 is 33.4 Å². The van der Waals surface area contributed by atoms with Crippen molar-refractivity contribution in [1.29, 1.82) is 0 Å². The average molecular weight is 469 g/mol. The van der Waals surface area contributed by atoms with Crippen LogP contribution in [0.15, 0.2) is 42.5 Å². The third kappa shape index (κ3) is 4.86. The second kappa shape index (κ2) is 9.87. The van der Waals surface area contributed by atoms with Gasteiger partial charge in [0.15, 0.2) is 0 Å². The molecule has 3 aliphatic rings. The predicted octanol–water partition coefficient (Wildman–Crippen LogP) is 0.848. The number of piperidine rings is 1. The maximum absolute atomic E-state index is 13.0. The molecule has 2 aromatic carbocycles. The molecule has 35 heavy (non-hydrogen) atoms. The Balaban J connectivity index is 1.22. The summed E-state index contributed by atoms with van der Waals surface area (Å²) >= 11 is 0. The zero-order valence-electron chi connectivity index (χ0n) is 19.3. The molecule has 0 aromatic heterocycles. The van der Waals surface area contributed by atoms with Gasteiger partial charge in [0.2, 0.25) is 11.8 Å². The highest BCUT2D eigenvalue weighted by atomic mass is 16.5. The van der Waals surface area contributed by atoms with E-state index in [0.29, 0.717) is 37.5 Å². The van der Waals surface area contributed by atoms with Gasteiger partial charge in [-0.05, 0) is 35.6 Å². The van der Waals surface area contributed by atoms with Crippen molar-refractivity contribution in [3.63, 3.8) is 0 Å². The van der Waals surface area contributed by atoms with Crippen molar-refractivity contribution in [1.82, 2.24) is 15.1 Å². The Morgan fingerprint density at radius 1 is 1.06 bits per heavy atom. The van der Waals surface area contributed by atoms with E-state index in [0.717, 1.165) is 23.2 Å². The van der Waals surface area contributed by atoms with Crippen molar-refractivity contribution in [3.05, 3.63) is 64.7 Å². The molecule has 0 aliphatic carbocycles. The second-order valence-corrected chi connectivity index (χ2v) is 9.08. The van der Waals surface area contributed by atoms with Crippen molar-refractivity contribution < 1.29 is 23.9 Å². The number of amides is 3. The van der Waals surface area contributed by atoms with E-state index < -0.39 is 18.0 Å². The lowest BCUT2D eigenvalue weighted by atomic mass is 9.78. The van der Waals surface area contributed by atoms with Crippen LogP contribution in [0.2, 0.25) is 0 Å². The first kappa shape index (κ1) is 23.6. The van der Waals surface area contributed by atoms with Crippen molar-refractivity contribution in [2.75, 3.05) is 13.2 Å². The lowest BCUT2D eigenvalue weighted by Crippen LogP contribution is -2.52.